The molecular formula is C43H36N10O10S3. The molecule has 23 heteroatoms. The van der Waals surface area contributed by atoms with Crippen LogP contribution in [0, 0.1) is 13.8 Å². The number of fused-ring (bicyclic) bond motifs is 4. The Morgan fingerprint density at radius 2 is 1.52 bits per heavy atom. The zero-order chi connectivity index (χ0) is 46.9. The lowest BCUT2D eigenvalue weighted by Crippen LogP contribution is -2.15. The van der Waals surface area contributed by atoms with E-state index < -0.39 is 36.8 Å². The van der Waals surface area contributed by atoms with Crippen molar-refractivity contribution in [3.05, 3.63) is 119 Å². The maximum Gasteiger partial charge on any atom is 0.296 e. The number of hydrogen-bond acceptors (Lipinski definition) is 17. The summed E-state index contributed by atoms with van der Waals surface area (Å²) in [6, 6.07) is 26.4. The lowest BCUT2D eigenvalue weighted by atomic mass is 10.0. The monoisotopic (exact) mass is 948 g/mol. The molecule has 20 nitrogen and oxygen atoms in total. The van der Waals surface area contributed by atoms with E-state index in [0.29, 0.717) is 27.9 Å². The lowest BCUT2D eigenvalue weighted by Gasteiger charge is -2.12. The van der Waals surface area contributed by atoms with Crippen LogP contribution >= 0.6 is 11.3 Å². The molecule has 0 saturated carbocycles. The quantitative estimate of drug-likeness (QED) is 0.0364. The first-order valence-electron chi connectivity index (χ1n) is 19.6. The van der Waals surface area contributed by atoms with Crippen molar-refractivity contribution in [2.75, 3.05) is 12.4 Å². The average molecular weight is 949 g/mol. The molecule has 3 aromatic heterocycles. The number of azo groups is 3. The first-order valence-corrected chi connectivity index (χ1v) is 23.5. The Morgan fingerprint density at radius 1 is 0.803 bits per heavy atom. The number of thiazole rings is 1. The number of carbonyl (C=O) groups is 1. The van der Waals surface area contributed by atoms with Crippen LogP contribution in [0.3, 0.4) is 0 Å². The van der Waals surface area contributed by atoms with Gasteiger partial charge in [0.1, 0.15) is 33.4 Å². The molecular weight excluding hydrogens is 913 g/mol. The molecule has 1 amide bonds. The predicted molar refractivity (Wildman–Crippen MR) is 245 cm³/mol. The summed E-state index contributed by atoms with van der Waals surface area (Å²) in [5, 5.41) is 49.2. The summed E-state index contributed by atoms with van der Waals surface area (Å²) in [7, 11) is -8.94. The third-order valence-corrected chi connectivity index (χ3v) is 12.6. The number of nitrogens with two attached hydrogens (primary N) is 1. The van der Waals surface area contributed by atoms with E-state index in [4.69, 9.17) is 15.5 Å². The van der Waals surface area contributed by atoms with Crippen molar-refractivity contribution in [3.8, 4) is 22.9 Å². The topological polar surface area (TPSA) is 306 Å². The Kier molecular flexibility index (Phi) is 12.5. The van der Waals surface area contributed by atoms with Crippen molar-refractivity contribution in [2.45, 2.75) is 31.8 Å². The van der Waals surface area contributed by atoms with Crippen molar-refractivity contribution < 1.29 is 45.7 Å². The molecule has 0 aliphatic rings. The van der Waals surface area contributed by atoms with E-state index in [1.54, 1.807) is 49.4 Å². The molecule has 0 bridgehead atoms. The molecule has 0 fully saturated rings. The number of imidazole rings is 1. The molecule has 8 aromatic rings. The van der Waals surface area contributed by atoms with Gasteiger partial charge in [0, 0.05) is 11.6 Å². The van der Waals surface area contributed by atoms with Gasteiger partial charge in [0.15, 0.2) is 10.6 Å². The number of ether oxygens (including phenoxy) is 1. The van der Waals surface area contributed by atoms with Crippen LogP contribution in [0.5, 0.6) is 11.6 Å². The van der Waals surface area contributed by atoms with Gasteiger partial charge in [-0.25, -0.2) is 9.97 Å². The molecule has 8 rings (SSSR count). The number of benzene rings is 5. The number of nitrogens with zero attached hydrogens (tertiary/aromatic N) is 9. The molecule has 336 valence electrons. The van der Waals surface area contributed by atoms with Crippen molar-refractivity contribution in [2.24, 2.45) is 36.4 Å². The average Bonchev–Trinajstić information content (AvgIpc) is 3.87. The van der Waals surface area contributed by atoms with Crippen LogP contribution in [0.25, 0.3) is 38.7 Å². The SMILES string of the molecule is Cc1cc(N=Nc2c(C)c(C(N)=O)c3nc4ccccc4n3c2O)c(OCCCS(=O)(=O)O)cc1N=Nc1nc(-c2ccc3cc(CO)ccc3c2)c(N=Nc2ccccc2S(=O)(=O)O)s1. The van der Waals surface area contributed by atoms with E-state index in [2.05, 4.69) is 35.7 Å². The molecule has 0 unspecified atom stereocenters. The first kappa shape index (κ1) is 45.2. The number of rotatable bonds is 15. The summed E-state index contributed by atoms with van der Waals surface area (Å²) in [4.78, 5) is 21.5. The van der Waals surface area contributed by atoms with Crippen LogP contribution in [0.1, 0.15) is 33.5 Å². The second-order valence-electron chi connectivity index (χ2n) is 14.6. The van der Waals surface area contributed by atoms with Gasteiger partial charge in [-0.15, -0.1) is 30.7 Å². The highest BCUT2D eigenvalue weighted by molar-refractivity contribution is 7.86. The number of aliphatic hydroxyl groups is 1. The second-order valence-corrected chi connectivity index (χ2v) is 18.6. The molecule has 6 N–H and O–H groups in total. The fraction of sp³-hybridized carbons (Fsp3) is 0.140. The van der Waals surface area contributed by atoms with E-state index >= 15 is 0 Å². The zero-order valence-corrected chi connectivity index (χ0v) is 37.1. The predicted octanol–water partition coefficient (Wildman–Crippen LogP) is 9.83. The number of aliphatic hydroxyl groups excluding tert-OH is 1. The highest BCUT2D eigenvalue weighted by Crippen LogP contribution is 2.44. The summed E-state index contributed by atoms with van der Waals surface area (Å²) in [5.41, 5.74) is 9.43. The summed E-state index contributed by atoms with van der Waals surface area (Å²) in [6.07, 6.45) is -0.0995. The van der Waals surface area contributed by atoms with E-state index in [0.717, 1.165) is 27.7 Å². The largest absolute Gasteiger partial charge is 0.493 e. The number of pyridine rings is 1. The van der Waals surface area contributed by atoms with E-state index in [1.165, 1.54) is 41.7 Å². The molecule has 0 spiro atoms. The molecule has 3 heterocycles. The van der Waals surface area contributed by atoms with Crippen LogP contribution in [0.2, 0.25) is 0 Å². The second kappa shape index (κ2) is 18.2. The van der Waals surface area contributed by atoms with Crippen LogP contribution in [0.15, 0.2) is 133 Å². The highest BCUT2D eigenvalue weighted by Gasteiger charge is 2.24. The van der Waals surface area contributed by atoms with Gasteiger partial charge in [-0.1, -0.05) is 59.9 Å². The minimum absolute atomic E-state index is 0.0155. The number of aromatic nitrogens is 3. The number of amides is 1. The van der Waals surface area contributed by atoms with Crippen LogP contribution in [-0.4, -0.2) is 68.8 Å². The van der Waals surface area contributed by atoms with Crippen LogP contribution in [0.4, 0.5) is 32.9 Å². The smallest absolute Gasteiger partial charge is 0.296 e. The van der Waals surface area contributed by atoms with Gasteiger partial charge in [-0.2, -0.15) is 16.8 Å². The van der Waals surface area contributed by atoms with Crippen molar-refractivity contribution in [1.82, 2.24) is 14.4 Å². The number of para-hydroxylation sites is 2. The van der Waals surface area contributed by atoms with Crippen LogP contribution < -0.4 is 10.5 Å². The Hall–Kier alpha value is -7.41. The van der Waals surface area contributed by atoms with Crippen LogP contribution in [-0.2, 0) is 26.8 Å². The van der Waals surface area contributed by atoms with E-state index in [1.807, 2.05) is 24.3 Å². The summed E-state index contributed by atoms with van der Waals surface area (Å²) in [5.74, 6) is -1.70. The van der Waals surface area contributed by atoms with E-state index in [-0.39, 0.29) is 80.9 Å². The minimum Gasteiger partial charge on any atom is -0.493 e. The Balaban J connectivity index is 1.19. The fourth-order valence-corrected chi connectivity index (χ4v) is 8.81. The lowest BCUT2D eigenvalue weighted by molar-refractivity contribution is 0.100. The fourth-order valence-electron chi connectivity index (χ4n) is 6.97. The van der Waals surface area contributed by atoms with Crippen molar-refractivity contribution in [1.29, 1.82) is 0 Å². The maximum atomic E-state index is 12.7. The number of hydrogen-bond donors (Lipinski definition) is 5. The van der Waals surface area contributed by atoms with Gasteiger partial charge >= 0.3 is 0 Å². The van der Waals surface area contributed by atoms with Gasteiger partial charge in [-0.05, 0) is 90.2 Å². The maximum absolute atomic E-state index is 12.7. The summed E-state index contributed by atoms with van der Waals surface area (Å²) < 4.78 is 73.5. The molecule has 5 aromatic carbocycles. The number of aromatic hydroxyl groups is 1. The van der Waals surface area contributed by atoms with Gasteiger partial charge < -0.3 is 20.7 Å². The molecule has 0 aliphatic carbocycles. The summed E-state index contributed by atoms with van der Waals surface area (Å²) >= 11 is 0.978. The van der Waals surface area contributed by atoms with Gasteiger partial charge in [-0.3, -0.25) is 18.3 Å². The van der Waals surface area contributed by atoms with Gasteiger partial charge in [0.05, 0.1) is 41.3 Å². The molecule has 0 aliphatic heterocycles. The first-order chi connectivity index (χ1) is 31.5. The number of carbonyl (C=O) groups excluding carboxylic acids is 1. The van der Waals surface area contributed by atoms with Crippen molar-refractivity contribution >= 4 is 97.8 Å². The number of primary amides is 1. The third-order valence-electron chi connectivity index (χ3n) is 10.1. The number of aryl methyl sites for hydroxylation is 1. The zero-order valence-electron chi connectivity index (χ0n) is 34.6. The van der Waals surface area contributed by atoms with Gasteiger partial charge in [0.2, 0.25) is 11.0 Å². The molecule has 66 heavy (non-hydrogen) atoms. The molecule has 0 radical (unpaired) electrons. The summed E-state index contributed by atoms with van der Waals surface area (Å²) in [6.45, 7) is 2.91. The highest BCUT2D eigenvalue weighted by atomic mass is 32.2. The van der Waals surface area contributed by atoms with E-state index in [9.17, 15) is 40.9 Å². The Morgan fingerprint density at radius 3 is 2.27 bits per heavy atom. The van der Waals surface area contributed by atoms with Crippen molar-refractivity contribution in [3.63, 3.8) is 0 Å². The Labute approximate surface area is 379 Å². The Bertz CT molecular complexity index is 3570. The minimum atomic E-state index is -4.64. The molecule has 0 atom stereocenters. The van der Waals surface area contributed by atoms with Gasteiger partial charge in [0.25, 0.3) is 26.1 Å². The third kappa shape index (κ3) is 9.51. The standard InChI is InChI=1S/C43H36N10O10S3/c1-23-18-32(49-50-37-24(2)36(39(44)55)40-45-29-8-3-5-10-33(29)53(40)42(37)56)34(63-16-7-17-65(57,58)59)21-31(23)48-52-43-46-38(28-15-14-26-19-25(22-54)12-13-27(26)20-28)41(64-43)51-47-30-9-4-6-11-35(30)66(60,61)62/h3-6,8-15,18-21,54,56H,7,16-17,22H2,1-2H3,(H2,44,55)(H,57,58,59)(H,60,61,62). The molecule has 0 saturated heterocycles. The normalized spacial score (nSPS) is 12.5.